The number of hydrogen-bond acceptors (Lipinski definition) is 6. The highest BCUT2D eigenvalue weighted by atomic mass is 19.1. The van der Waals surface area contributed by atoms with E-state index in [0.717, 1.165) is 43.7 Å². The third-order valence-corrected chi connectivity index (χ3v) is 5.36. The maximum Gasteiger partial charge on any atom is 0.259 e. The van der Waals surface area contributed by atoms with Crippen LogP contribution in [0.5, 0.6) is 0 Å². The molecular formula is C22H27FN6O. The Labute approximate surface area is 174 Å². The maximum absolute atomic E-state index is 14.8. The van der Waals surface area contributed by atoms with Crippen molar-refractivity contribution in [3.63, 3.8) is 0 Å². The van der Waals surface area contributed by atoms with Crippen molar-refractivity contribution in [2.24, 2.45) is 5.73 Å². The summed E-state index contributed by atoms with van der Waals surface area (Å²) >= 11 is 0. The zero-order valence-corrected chi connectivity index (χ0v) is 16.9. The van der Waals surface area contributed by atoms with E-state index in [-0.39, 0.29) is 11.4 Å². The van der Waals surface area contributed by atoms with E-state index in [9.17, 15) is 9.18 Å². The molecule has 7 nitrogen and oxygen atoms in total. The molecule has 0 unspecified atom stereocenters. The molecule has 8 heteroatoms. The molecule has 1 aliphatic rings. The van der Waals surface area contributed by atoms with Gasteiger partial charge in [0.25, 0.3) is 5.56 Å². The Balaban J connectivity index is 1.61. The van der Waals surface area contributed by atoms with E-state index in [1.165, 1.54) is 6.07 Å². The molecule has 0 aliphatic carbocycles. The molecule has 30 heavy (non-hydrogen) atoms. The first-order valence-electron chi connectivity index (χ1n) is 10.3. The van der Waals surface area contributed by atoms with Crippen LogP contribution in [0.2, 0.25) is 0 Å². The van der Waals surface area contributed by atoms with Gasteiger partial charge >= 0.3 is 0 Å². The maximum atomic E-state index is 14.8. The predicted molar refractivity (Wildman–Crippen MR) is 118 cm³/mol. The Hall–Kier alpha value is -2.81. The zero-order chi connectivity index (χ0) is 20.9. The molecule has 2 aromatic heterocycles. The quantitative estimate of drug-likeness (QED) is 0.476. The SMILES string of the molecule is NCCCc1cc2cc[nH]c(=O)c2c(Nc2ccc(CN3CCNCC3)c(F)c2)n1. The molecule has 0 amide bonds. The van der Waals surface area contributed by atoms with Crippen molar-refractivity contribution in [1.29, 1.82) is 0 Å². The average molecular weight is 410 g/mol. The van der Waals surface area contributed by atoms with E-state index in [1.54, 1.807) is 12.3 Å². The monoisotopic (exact) mass is 410 g/mol. The van der Waals surface area contributed by atoms with Gasteiger partial charge < -0.3 is 21.4 Å². The molecule has 1 fully saturated rings. The molecule has 1 saturated heterocycles. The zero-order valence-electron chi connectivity index (χ0n) is 16.9. The smallest absolute Gasteiger partial charge is 0.259 e. The second-order valence-electron chi connectivity index (χ2n) is 7.58. The number of piperazine rings is 1. The number of rotatable bonds is 7. The van der Waals surface area contributed by atoms with Crippen molar-refractivity contribution in [3.05, 3.63) is 64.0 Å². The van der Waals surface area contributed by atoms with E-state index >= 15 is 0 Å². The Morgan fingerprint density at radius 3 is 2.80 bits per heavy atom. The fourth-order valence-electron chi connectivity index (χ4n) is 3.77. The number of aromatic amines is 1. The Morgan fingerprint density at radius 2 is 2.03 bits per heavy atom. The standard InChI is InChI=1S/C22H27FN6O/c23-19-13-18(4-3-16(19)14-29-10-8-25-9-11-29)28-21-20-15(5-7-26-22(20)30)12-17(27-21)2-1-6-24/h3-5,7,12-13,25H,1-2,6,8-11,14,24H2,(H,26,30)(H,27,28). The summed E-state index contributed by atoms with van der Waals surface area (Å²) in [7, 11) is 0. The van der Waals surface area contributed by atoms with Crippen LogP contribution in [0, 0.1) is 5.82 Å². The van der Waals surface area contributed by atoms with Gasteiger partial charge in [-0.05, 0) is 49.0 Å². The van der Waals surface area contributed by atoms with E-state index in [1.807, 2.05) is 18.2 Å². The summed E-state index contributed by atoms with van der Waals surface area (Å²) in [6, 6.07) is 8.84. The minimum Gasteiger partial charge on any atom is -0.339 e. The van der Waals surface area contributed by atoms with Gasteiger partial charge in [0.1, 0.15) is 11.6 Å². The molecule has 1 aromatic carbocycles. The van der Waals surface area contributed by atoms with Crippen LogP contribution in [-0.2, 0) is 13.0 Å². The molecule has 0 spiro atoms. The van der Waals surface area contributed by atoms with Crippen LogP contribution in [0.25, 0.3) is 10.8 Å². The summed E-state index contributed by atoms with van der Waals surface area (Å²) in [5.41, 5.74) is 7.46. The molecule has 0 radical (unpaired) electrons. The van der Waals surface area contributed by atoms with Gasteiger partial charge in [-0.3, -0.25) is 9.69 Å². The van der Waals surface area contributed by atoms with Gasteiger partial charge in [0, 0.05) is 55.9 Å². The first-order valence-corrected chi connectivity index (χ1v) is 10.3. The number of aryl methyl sites for hydroxylation is 1. The minimum absolute atomic E-state index is 0.233. The Morgan fingerprint density at radius 1 is 1.20 bits per heavy atom. The number of benzene rings is 1. The summed E-state index contributed by atoms with van der Waals surface area (Å²) in [6.07, 6.45) is 3.13. The summed E-state index contributed by atoms with van der Waals surface area (Å²) in [6.45, 7) is 4.83. The molecular weight excluding hydrogens is 383 g/mol. The normalized spacial score (nSPS) is 14.9. The number of nitrogens with zero attached hydrogens (tertiary/aromatic N) is 2. The lowest BCUT2D eigenvalue weighted by Crippen LogP contribution is -2.43. The number of halogens is 1. The van der Waals surface area contributed by atoms with Gasteiger partial charge in [-0.1, -0.05) is 6.07 Å². The number of nitrogens with two attached hydrogens (primary N) is 1. The van der Waals surface area contributed by atoms with Crippen molar-refractivity contribution in [2.75, 3.05) is 38.0 Å². The van der Waals surface area contributed by atoms with Crippen LogP contribution < -0.4 is 21.9 Å². The number of aromatic nitrogens is 2. The second kappa shape index (κ2) is 9.34. The highest BCUT2D eigenvalue weighted by Gasteiger charge is 2.14. The van der Waals surface area contributed by atoms with E-state index in [0.29, 0.717) is 42.0 Å². The first-order chi connectivity index (χ1) is 14.6. The summed E-state index contributed by atoms with van der Waals surface area (Å²) < 4.78 is 14.8. The fourth-order valence-corrected chi connectivity index (χ4v) is 3.77. The van der Waals surface area contributed by atoms with Crippen LogP contribution >= 0.6 is 0 Å². The van der Waals surface area contributed by atoms with E-state index < -0.39 is 0 Å². The average Bonchev–Trinajstić information content (AvgIpc) is 2.75. The molecule has 0 bridgehead atoms. The Bertz CT molecular complexity index is 1080. The number of anilines is 2. The highest BCUT2D eigenvalue weighted by Crippen LogP contribution is 2.25. The molecule has 4 rings (SSSR count). The van der Waals surface area contributed by atoms with Crippen molar-refractivity contribution in [1.82, 2.24) is 20.2 Å². The summed E-state index contributed by atoms with van der Waals surface area (Å²) in [4.78, 5) is 22.0. The predicted octanol–water partition coefficient (Wildman–Crippen LogP) is 2.10. The molecule has 3 aromatic rings. The number of pyridine rings is 2. The largest absolute Gasteiger partial charge is 0.339 e. The van der Waals surface area contributed by atoms with Crippen LogP contribution in [0.15, 0.2) is 41.3 Å². The number of nitrogens with one attached hydrogen (secondary N) is 3. The number of fused-ring (bicyclic) bond motifs is 1. The van der Waals surface area contributed by atoms with Crippen molar-refractivity contribution < 1.29 is 4.39 Å². The van der Waals surface area contributed by atoms with Crippen molar-refractivity contribution in [2.45, 2.75) is 19.4 Å². The lowest BCUT2D eigenvalue weighted by molar-refractivity contribution is 0.230. The van der Waals surface area contributed by atoms with Crippen LogP contribution in [0.1, 0.15) is 17.7 Å². The topological polar surface area (TPSA) is 99.1 Å². The van der Waals surface area contributed by atoms with E-state index in [2.05, 4.69) is 25.5 Å². The van der Waals surface area contributed by atoms with Gasteiger partial charge in [0.05, 0.1) is 5.39 Å². The molecule has 1 aliphatic heterocycles. The van der Waals surface area contributed by atoms with Crippen LogP contribution in [0.3, 0.4) is 0 Å². The molecule has 3 heterocycles. The lowest BCUT2D eigenvalue weighted by Gasteiger charge is -2.27. The summed E-state index contributed by atoms with van der Waals surface area (Å²) in [5, 5.41) is 7.70. The fraction of sp³-hybridized carbons (Fsp3) is 0.364. The Kier molecular flexibility index (Phi) is 6.37. The summed E-state index contributed by atoms with van der Waals surface area (Å²) in [5.74, 6) is 0.159. The van der Waals surface area contributed by atoms with Crippen molar-refractivity contribution >= 4 is 22.3 Å². The molecule has 0 saturated carbocycles. The van der Waals surface area contributed by atoms with Gasteiger partial charge in [0.2, 0.25) is 0 Å². The third-order valence-electron chi connectivity index (χ3n) is 5.36. The van der Waals surface area contributed by atoms with Gasteiger partial charge in [-0.15, -0.1) is 0 Å². The third kappa shape index (κ3) is 4.67. The van der Waals surface area contributed by atoms with Gasteiger partial charge in [0.15, 0.2) is 0 Å². The lowest BCUT2D eigenvalue weighted by atomic mass is 10.1. The van der Waals surface area contributed by atoms with Gasteiger partial charge in [-0.2, -0.15) is 0 Å². The van der Waals surface area contributed by atoms with Gasteiger partial charge in [-0.25, -0.2) is 9.37 Å². The van der Waals surface area contributed by atoms with Crippen molar-refractivity contribution in [3.8, 4) is 0 Å². The number of H-pyrrole nitrogens is 1. The van der Waals surface area contributed by atoms with E-state index in [4.69, 9.17) is 5.73 Å². The highest BCUT2D eigenvalue weighted by molar-refractivity contribution is 5.92. The molecule has 0 atom stereocenters. The minimum atomic E-state index is -0.268. The molecule has 158 valence electrons. The number of hydrogen-bond donors (Lipinski definition) is 4. The van der Waals surface area contributed by atoms with Crippen LogP contribution in [0.4, 0.5) is 15.9 Å². The molecule has 5 N–H and O–H groups in total. The van der Waals surface area contributed by atoms with Crippen LogP contribution in [-0.4, -0.2) is 47.6 Å². The first kappa shape index (κ1) is 20.5. The second-order valence-corrected chi connectivity index (χ2v) is 7.58.